The summed E-state index contributed by atoms with van der Waals surface area (Å²) in [5.74, 6) is -5.35. The Morgan fingerprint density at radius 1 is 1.33 bits per heavy atom. The average molecular weight is 357 g/mol. The van der Waals surface area contributed by atoms with E-state index in [9.17, 15) is 18.4 Å². The van der Waals surface area contributed by atoms with E-state index in [-0.39, 0.29) is 16.7 Å². The van der Waals surface area contributed by atoms with E-state index >= 15 is 0 Å². The van der Waals surface area contributed by atoms with Crippen LogP contribution in [0.1, 0.15) is 27.8 Å². The molecule has 24 heavy (non-hydrogen) atoms. The SMILES string of the molecule is COc1c(F)ccc(-c2c(N)nc(C(=O)O)c(Cl)c2C(C)=O)c1F. The molecule has 0 aliphatic heterocycles. The lowest BCUT2D eigenvalue weighted by molar-refractivity contribution is 0.0691. The number of ketones is 1. The first kappa shape index (κ1) is 17.6. The van der Waals surface area contributed by atoms with Crippen LogP contribution in [-0.4, -0.2) is 29.0 Å². The van der Waals surface area contributed by atoms with Gasteiger partial charge in [-0.05, 0) is 19.1 Å². The smallest absolute Gasteiger partial charge is 0.356 e. The maximum atomic E-state index is 14.5. The summed E-state index contributed by atoms with van der Waals surface area (Å²) in [4.78, 5) is 26.7. The number of anilines is 1. The van der Waals surface area contributed by atoms with E-state index < -0.39 is 45.7 Å². The molecule has 9 heteroatoms. The molecular formula is C15H11ClF2N2O4. The average Bonchev–Trinajstić information content (AvgIpc) is 2.49. The maximum absolute atomic E-state index is 14.5. The largest absolute Gasteiger partial charge is 0.491 e. The number of aromatic carboxylic acids is 1. The van der Waals surface area contributed by atoms with Crippen LogP contribution in [0, 0.1) is 11.6 Å². The van der Waals surface area contributed by atoms with E-state index in [1.165, 1.54) is 0 Å². The van der Waals surface area contributed by atoms with Gasteiger partial charge in [-0.1, -0.05) is 11.6 Å². The molecule has 1 aromatic heterocycles. The Balaban J connectivity index is 2.93. The van der Waals surface area contributed by atoms with Crippen molar-refractivity contribution in [2.75, 3.05) is 12.8 Å². The minimum absolute atomic E-state index is 0.228. The lowest BCUT2D eigenvalue weighted by Crippen LogP contribution is -2.12. The van der Waals surface area contributed by atoms with Gasteiger partial charge in [0.2, 0.25) is 0 Å². The number of benzene rings is 1. The van der Waals surface area contributed by atoms with E-state index in [2.05, 4.69) is 9.72 Å². The zero-order chi connectivity index (χ0) is 18.2. The number of nitrogen functional groups attached to an aromatic ring is 1. The molecule has 1 aromatic carbocycles. The lowest BCUT2D eigenvalue weighted by Gasteiger charge is -2.15. The first-order valence-electron chi connectivity index (χ1n) is 6.46. The highest BCUT2D eigenvalue weighted by Crippen LogP contribution is 2.39. The molecule has 0 amide bonds. The minimum Gasteiger partial charge on any atom is -0.491 e. The number of rotatable bonds is 4. The van der Waals surface area contributed by atoms with Crippen LogP contribution < -0.4 is 10.5 Å². The fourth-order valence-corrected chi connectivity index (χ4v) is 2.59. The molecule has 0 bridgehead atoms. The molecule has 0 aliphatic rings. The van der Waals surface area contributed by atoms with E-state index in [4.69, 9.17) is 22.4 Å². The van der Waals surface area contributed by atoms with Crippen molar-refractivity contribution in [1.29, 1.82) is 0 Å². The molecule has 3 N–H and O–H groups in total. The van der Waals surface area contributed by atoms with Gasteiger partial charge in [-0.25, -0.2) is 18.6 Å². The number of methoxy groups -OCH3 is 1. The minimum atomic E-state index is -1.50. The Kier molecular flexibility index (Phi) is 4.70. The summed E-state index contributed by atoms with van der Waals surface area (Å²) in [5, 5.41) is 8.59. The monoisotopic (exact) mass is 356 g/mol. The van der Waals surface area contributed by atoms with Crippen molar-refractivity contribution in [2.24, 2.45) is 0 Å². The van der Waals surface area contributed by atoms with E-state index in [1.807, 2.05) is 0 Å². The molecule has 0 aliphatic carbocycles. The van der Waals surface area contributed by atoms with E-state index in [0.29, 0.717) is 0 Å². The number of nitrogens with two attached hydrogens (primary N) is 1. The van der Waals surface area contributed by atoms with Crippen molar-refractivity contribution in [3.8, 4) is 16.9 Å². The molecule has 0 spiro atoms. The third-order valence-corrected chi connectivity index (χ3v) is 3.61. The van der Waals surface area contributed by atoms with E-state index in [0.717, 1.165) is 26.2 Å². The third kappa shape index (κ3) is 2.76. The van der Waals surface area contributed by atoms with Crippen LogP contribution in [-0.2, 0) is 0 Å². The van der Waals surface area contributed by atoms with Gasteiger partial charge >= 0.3 is 5.97 Å². The summed E-state index contributed by atoms with van der Waals surface area (Å²) in [6, 6.07) is 1.95. The van der Waals surface area contributed by atoms with Gasteiger partial charge in [0, 0.05) is 16.7 Å². The van der Waals surface area contributed by atoms with Crippen molar-refractivity contribution in [3.05, 3.63) is 40.0 Å². The number of carbonyl (C=O) groups excluding carboxylic acids is 1. The molecule has 0 fully saturated rings. The van der Waals surface area contributed by atoms with Crippen LogP contribution in [0.15, 0.2) is 12.1 Å². The fraction of sp³-hybridized carbons (Fsp3) is 0.133. The Morgan fingerprint density at radius 2 is 1.96 bits per heavy atom. The summed E-state index contributed by atoms with van der Waals surface area (Å²) < 4.78 is 32.7. The predicted molar refractivity (Wildman–Crippen MR) is 82.5 cm³/mol. The van der Waals surface area contributed by atoms with Crippen LogP contribution in [0.3, 0.4) is 0 Å². The van der Waals surface area contributed by atoms with Crippen LogP contribution in [0.25, 0.3) is 11.1 Å². The van der Waals surface area contributed by atoms with Crippen molar-refractivity contribution in [3.63, 3.8) is 0 Å². The third-order valence-electron chi connectivity index (χ3n) is 3.24. The van der Waals surface area contributed by atoms with Gasteiger partial charge in [0.1, 0.15) is 5.82 Å². The van der Waals surface area contributed by atoms with Crippen LogP contribution in [0.4, 0.5) is 14.6 Å². The number of nitrogens with zero attached hydrogens (tertiary/aromatic N) is 1. The number of Topliss-reactive ketones (excluding diaryl/α,β-unsaturated/α-hetero) is 1. The molecule has 2 aromatic rings. The van der Waals surface area contributed by atoms with Crippen LogP contribution in [0.2, 0.25) is 5.02 Å². The molecule has 0 unspecified atom stereocenters. The Hall–Kier alpha value is -2.74. The van der Waals surface area contributed by atoms with Crippen molar-refractivity contribution < 1.29 is 28.2 Å². The van der Waals surface area contributed by atoms with Crippen molar-refractivity contribution in [2.45, 2.75) is 6.92 Å². The maximum Gasteiger partial charge on any atom is 0.356 e. The Labute approximate surface area is 139 Å². The first-order chi connectivity index (χ1) is 11.2. The van der Waals surface area contributed by atoms with Crippen molar-refractivity contribution in [1.82, 2.24) is 4.98 Å². The first-order valence-corrected chi connectivity index (χ1v) is 6.84. The van der Waals surface area contributed by atoms with Gasteiger partial charge in [-0.3, -0.25) is 4.79 Å². The van der Waals surface area contributed by atoms with Gasteiger partial charge in [-0.2, -0.15) is 0 Å². The molecule has 6 nitrogen and oxygen atoms in total. The highest BCUT2D eigenvalue weighted by Gasteiger charge is 2.27. The molecule has 126 valence electrons. The number of hydrogen-bond acceptors (Lipinski definition) is 5. The fourth-order valence-electron chi connectivity index (χ4n) is 2.24. The topological polar surface area (TPSA) is 103 Å². The highest BCUT2D eigenvalue weighted by atomic mass is 35.5. The molecule has 1 heterocycles. The molecule has 2 rings (SSSR count). The van der Waals surface area contributed by atoms with E-state index in [1.54, 1.807) is 0 Å². The number of pyridine rings is 1. The highest BCUT2D eigenvalue weighted by molar-refractivity contribution is 6.37. The summed E-state index contributed by atoms with van der Waals surface area (Å²) in [6.07, 6.45) is 0. The van der Waals surface area contributed by atoms with Crippen LogP contribution >= 0.6 is 11.6 Å². The summed E-state index contributed by atoms with van der Waals surface area (Å²) in [5.41, 5.74) is 4.23. The van der Waals surface area contributed by atoms with Gasteiger partial charge in [0.25, 0.3) is 0 Å². The normalized spacial score (nSPS) is 10.5. The van der Waals surface area contributed by atoms with Crippen molar-refractivity contribution >= 4 is 29.2 Å². The zero-order valence-corrected chi connectivity index (χ0v) is 13.2. The summed E-state index contributed by atoms with van der Waals surface area (Å²) >= 11 is 5.94. The Morgan fingerprint density at radius 3 is 2.46 bits per heavy atom. The molecular weight excluding hydrogens is 346 g/mol. The second-order valence-electron chi connectivity index (χ2n) is 4.71. The number of halogens is 3. The molecule has 0 saturated carbocycles. The number of carboxylic acids is 1. The number of carboxylic acid groups (broad SMARTS) is 1. The molecule has 0 atom stereocenters. The number of aromatic nitrogens is 1. The zero-order valence-electron chi connectivity index (χ0n) is 12.5. The number of carbonyl (C=O) groups is 2. The second-order valence-corrected chi connectivity index (χ2v) is 5.09. The standard InChI is InChI=1S/C15H11ClF2N2O4/c1-5(21)8-9(14(19)20-12(10(8)16)15(22)23)6-3-4-7(17)13(24-2)11(6)18/h3-4H,1-2H3,(H2,19,20)(H,22,23). The van der Waals surface area contributed by atoms with Gasteiger partial charge in [0.15, 0.2) is 28.9 Å². The lowest BCUT2D eigenvalue weighted by atomic mass is 9.96. The molecule has 0 saturated heterocycles. The Bertz CT molecular complexity index is 871. The van der Waals surface area contributed by atoms with Gasteiger partial charge in [-0.15, -0.1) is 0 Å². The second kappa shape index (κ2) is 6.40. The van der Waals surface area contributed by atoms with Gasteiger partial charge in [0.05, 0.1) is 12.1 Å². The van der Waals surface area contributed by atoms with Crippen LogP contribution in [0.5, 0.6) is 5.75 Å². The number of ether oxygens (including phenoxy) is 1. The predicted octanol–water partition coefficient (Wildman–Crippen LogP) is 3.17. The van der Waals surface area contributed by atoms with Gasteiger partial charge < -0.3 is 15.6 Å². The quantitative estimate of drug-likeness (QED) is 0.816. The number of hydrogen-bond donors (Lipinski definition) is 2. The molecule has 0 radical (unpaired) electrons. The summed E-state index contributed by atoms with van der Waals surface area (Å²) in [7, 11) is 1.07. The summed E-state index contributed by atoms with van der Waals surface area (Å²) in [6.45, 7) is 1.11.